The van der Waals surface area contributed by atoms with E-state index in [1.165, 1.54) is 6.07 Å². The van der Waals surface area contributed by atoms with Gasteiger partial charge in [0.1, 0.15) is 6.61 Å². The third-order valence-corrected chi connectivity index (χ3v) is 2.19. The lowest BCUT2D eigenvalue weighted by Gasteiger charge is -2.14. The van der Waals surface area contributed by atoms with Crippen molar-refractivity contribution in [1.82, 2.24) is 0 Å². The van der Waals surface area contributed by atoms with Crippen molar-refractivity contribution >= 4 is 23.4 Å². The fraction of sp³-hybridized carbons (Fsp3) is 0.300. The van der Waals surface area contributed by atoms with Crippen LogP contribution >= 0.6 is 11.6 Å². The number of halogens is 4. The number of amides is 1. The Hall–Kier alpha value is -1.47. The molecule has 18 heavy (non-hydrogen) atoms. The van der Waals surface area contributed by atoms with Gasteiger partial charge in [0, 0.05) is 0 Å². The summed E-state index contributed by atoms with van der Waals surface area (Å²) in [5.74, 6) is 0. The maximum Gasteiger partial charge on any atom is 0.418 e. The number of rotatable bonds is 3. The van der Waals surface area contributed by atoms with E-state index in [1.807, 2.05) is 5.32 Å². The smallest absolute Gasteiger partial charge is 0.418 e. The van der Waals surface area contributed by atoms with Gasteiger partial charge in [-0.1, -0.05) is 17.7 Å². The molecule has 0 aliphatic heterocycles. The quantitative estimate of drug-likeness (QED) is 0.897. The Kier molecular flexibility index (Phi) is 4.80. The van der Waals surface area contributed by atoms with E-state index in [1.54, 1.807) is 0 Å². The molecule has 0 saturated heterocycles. The number of carbonyl (C=O) groups excluding carboxylic acids is 1. The highest BCUT2D eigenvalue weighted by Crippen LogP contribution is 2.38. The maximum atomic E-state index is 12.6. The van der Waals surface area contributed by atoms with Gasteiger partial charge in [0.2, 0.25) is 0 Å². The van der Waals surface area contributed by atoms with Crippen LogP contribution in [-0.4, -0.2) is 24.4 Å². The molecule has 0 unspecified atom stereocenters. The van der Waals surface area contributed by atoms with Crippen molar-refractivity contribution in [2.45, 2.75) is 6.18 Å². The summed E-state index contributed by atoms with van der Waals surface area (Å²) in [4.78, 5) is 11.1. The molecule has 1 aromatic carbocycles. The zero-order valence-corrected chi connectivity index (χ0v) is 9.68. The van der Waals surface area contributed by atoms with Crippen molar-refractivity contribution in [2.24, 2.45) is 0 Å². The van der Waals surface area contributed by atoms with Gasteiger partial charge in [0.25, 0.3) is 0 Å². The zero-order chi connectivity index (χ0) is 13.8. The minimum absolute atomic E-state index is 0.259. The van der Waals surface area contributed by atoms with Crippen LogP contribution in [0.4, 0.5) is 23.7 Å². The molecule has 0 aliphatic rings. The number of para-hydroxylation sites is 1. The topological polar surface area (TPSA) is 58.6 Å². The van der Waals surface area contributed by atoms with E-state index in [-0.39, 0.29) is 11.6 Å². The summed E-state index contributed by atoms with van der Waals surface area (Å²) in [7, 11) is 0. The number of carbonyl (C=O) groups is 1. The molecule has 0 radical (unpaired) electrons. The monoisotopic (exact) mass is 283 g/mol. The largest absolute Gasteiger partial charge is 0.447 e. The van der Waals surface area contributed by atoms with Gasteiger partial charge in [-0.15, -0.1) is 0 Å². The number of aliphatic hydroxyl groups is 1. The first-order valence-corrected chi connectivity index (χ1v) is 5.14. The lowest BCUT2D eigenvalue weighted by molar-refractivity contribution is -0.136. The molecule has 2 N–H and O–H groups in total. The molecule has 1 aromatic rings. The first kappa shape index (κ1) is 14.6. The van der Waals surface area contributed by atoms with Crippen molar-refractivity contribution in [3.8, 4) is 0 Å². The van der Waals surface area contributed by atoms with Gasteiger partial charge in [0.05, 0.1) is 22.9 Å². The molecule has 1 amide bonds. The normalized spacial score (nSPS) is 11.2. The van der Waals surface area contributed by atoms with Gasteiger partial charge in [-0.3, -0.25) is 5.32 Å². The van der Waals surface area contributed by atoms with Crippen LogP contribution in [0, 0.1) is 0 Å². The maximum absolute atomic E-state index is 12.6. The van der Waals surface area contributed by atoms with Crippen LogP contribution in [-0.2, 0) is 10.9 Å². The van der Waals surface area contributed by atoms with Gasteiger partial charge in [-0.25, -0.2) is 4.79 Å². The first-order valence-electron chi connectivity index (χ1n) is 4.76. The molecule has 100 valence electrons. The second-order valence-corrected chi connectivity index (χ2v) is 3.55. The van der Waals surface area contributed by atoms with E-state index >= 15 is 0 Å². The van der Waals surface area contributed by atoms with Crippen LogP contribution in [0.2, 0.25) is 5.02 Å². The van der Waals surface area contributed by atoms with E-state index in [2.05, 4.69) is 4.74 Å². The standard InChI is InChI=1S/C10H9ClF3NO3/c11-7-3-1-2-6(10(12,13)14)8(7)15-9(17)18-5-4-16/h1-3,16H,4-5H2,(H,15,17). The van der Waals surface area contributed by atoms with Crippen molar-refractivity contribution in [1.29, 1.82) is 0 Å². The molecule has 4 nitrogen and oxygen atoms in total. The fourth-order valence-electron chi connectivity index (χ4n) is 1.16. The van der Waals surface area contributed by atoms with Crippen LogP contribution < -0.4 is 5.32 Å². The average Bonchev–Trinajstić information content (AvgIpc) is 2.27. The zero-order valence-electron chi connectivity index (χ0n) is 8.92. The summed E-state index contributed by atoms with van der Waals surface area (Å²) in [6.45, 7) is -0.750. The molecule has 0 atom stereocenters. The van der Waals surface area contributed by atoms with Crippen LogP contribution in [0.3, 0.4) is 0 Å². The second-order valence-electron chi connectivity index (χ2n) is 3.14. The van der Waals surface area contributed by atoms with Crippen molar-refractivity contribution in [3.63, 3.8) is 0 Å². The second kappa shape index (κ2) is 5.92. The number of alkyl halides is 3. The minimum atomic E-state index is -4.65. The highest BCUT2D eigenvalue weighted by molar-refractivity contribution is 6.33. The number of ether oxygens (including phenoxy) is 1. The minimum Gasteiger partial charge on any atom is -0.447 e. The van der Waals surface area contributed by atoms with Crippen LogP contribution in [0.1, 0.15) is 5.56 Å². The van der Waals surface area contributed by atoms with Crippen LogP contribution in [0.25, 0.3) is 0 Å². The summed E-state index contributed by atoms with van der Waals surface area (Å²) in [5.41, 5.74) is -1.65. The Morgan fingerprint density at radius 1 is 1.44 bits per heavy atom. The Bertz CT molecular complexity index is 437. The molecule has 0 spiro atoms. The number of hydrogen-bond acceptors (Lipinski definition) is 3. The Balaban J connectivity index is 2.97. The summed E-state index contributed by atoms with van der Waals surface area (Å²) in [5, 5.41) is 10.0. The molecular formula is C10H9ClF3NO3. The SMILES string of the molecule is O=C(Nc1c(Cl)cccc1C(F)(F)F)OCCO. The Morgan fingerprint density at radius 3 is 2.67 bits per heavy atom. The molecule has 0 fully saturated rings. The van der Waals surface area contributed by atoms with Crippen molar-refractivity contribution < 1.29 is 27.8 Å². The Morgan fingerprint density at radius 2 is 2.11 bits per heavy atom. The summed E-state index contributed by atoms with van der Waals surface area (Å²) in [6.07, 6.45) is -5.77. The van der Waals surface area contributed by atoms with E-state index in [9.17, 15) is 18.0 Å². The molecule has 0 saturated carbocycles. The van der Waals surface area contributed by atoms with E-state index in [0.29, 0.717) is 0 Å². The van der Waals surface area contributed by atoms with Crippen molar-refractivity contribution in [2.75, 3.05) is 18.5 Å². The predicted molar refractivity (Wildman–Crippen MR) is 58.5 cm³/mol. The summed E-state index contributed by atoms with van der Waals surface area (Å²) in [6, 6.07) is 3.11. The van der Waals surface area contributed by atoms with Gasteiger partial charge in [-0.2, -0.15) is 13.2 Å². The van der Waals surface area contributed by atoms with E-state index < -0.39 is 30.1 Å². The first-order chi connectivity index (χ1) is 8.36. The molecular weight excluding hydrogens is 275 g/mol. The number of anilines is 1. The van der Waals surface area contributed by atoms with Crippen LogP contribution in [0.5, 0.6) is 0 Å². The molecule has 8 heteroatoms. The van der Waals surface area contributed by atoms with Crippen LogP contribution in [0.15, 0.2) is 18.2 Å². The van der Waals surface area contributed by atoms with Gasteiger partial charge in [-0.05, 0) is 12.1 Å². The Labute approximate surface area is 105 Å². The average molecular weight is 284 g/mol. The number of hydrogen-bond donors (Lipinski definition) is 2. The van der Waals surface area contributed by atoms with E-state index in [4.69, 9.17) is 16.7 Å². The highest BCUT2D eigenvalue weighted by atomic mass is 35.5. The summed E-state index contributed by atoms with van der Waals surface area (Å²) < 4.78 is 42.3. The van der Waals surface area contributed by atoms with Gasteiger partial charge in [0.15, 0.2) is 0 Å². The highest BCUT2D eigenvalue weighted by Gasteiger charge is 2.34. The molecule has 0 aliphatic carbocycles. The lowest BCUT2D eigenvalue weighted by atomic mass is 10.1. The summed E-state index contributed by atoms with van der Waals surface area (Å²) >= 11 is 5.59. The van der Waals surface area contributed by atoms with E-state index in [0.717, 1.165) is 12.1 Å². The number of benzene rings is 1. The third kappa shape index (κ3) is 3.78. The van der Waals surface area contributed by atoms with Gasteiger partial charge >= 0.3 is 12.3 Å². The third-order valence-electron chi connectivity index (χ3n) is 1.87. The lowest BCUT2D eigenvalue weighted by Crippen LogP contribution is -2.19. The predicted octanol–water partition coefficient (Wildman–Crippen LogP) is 2.90. The molecule has 0 aromatic heterocycles. The number of nitrogens with one attached hydrogen (secondary N) is 1. The van der Waals surface area contributed by atoms with Gasteiger partial charge < -0.3 is 9.84 Å². The molecule has 0 bridgehead atoms. The van der Waals surface area contributed by atoms with Crippen molar-refractivity contribution in [3.05, 3.63) is 28.8 Å². The number of aliphatic hydroxyl groups excluding tert-OH is 1. The molecule has 1 rings (SSSR count). The molecule has 0 heterocycles. The fourth-order valence-corrected chi connectivity index (χ4v) is 1.39.